The maximum Gasteiger partial charge on any atom is 0.433 e. The number of aromatic nitrogens is 7. The van der Waals surface area contributed by atoms with E-state index in [0.29, 0.717) is 26.2 Å². The molecule has 5 aromatic rings. The fourth-order valence-electron chi connectivity index (χ4n) is 5.50. The van der Waals surface area contributed by atoms with Crippen LogP contribution in [0.15, 0.2) is 61.2 Å². The molecule has 1 aromatic carbocycles. The second kappa shape index (κ2) is 9.59. The zero-order valence-electron chi connectivity index (χ0n) is 21.2. The van der Waals surface area contributed by atoms with Crippen molar-refractivity contribution in [2.24, 2.45) is 0 Å². The molecule has 0 aliphatic carbocycles. The van der Waals surface area contributed by atoms with Gasteiger partial charge >= 0.3 is 6.18 Å². The smallest absolute Gasteiger partial charge is 0.378 e. The highest BCUT2D eigenvalue weighted by molar-refractivity contribution is 5.87. The topological polar surface area (TPSA) is 101 Å². The monoisotopic (exact) mass is 547 g/mol. The lowest BCUT2D eigenvalue weighted by Gasteiger charge is -2.36. The van der Waals surface area contributed by atoms with Gasteiger partial charge in [0.2, 0.25) is 5.95 Å². The zero-order valence-corrected chi connectivity index (χ0v) is 21.2. The van der Waals surface area contributed by atoms with Crippen LogP contribution >= 0.6 is 0 Å². The Morgan fingerprint density at radius 2 is 1.75 bits per heavy atom. The lowest BCUT2D eigenvalue weighted by Crippen LogP contribution is -2.38. The molecule has 13 heteroatoms. The Bertz CT molecular complexity index is 1640. The number of hydrogen-bond acceptors (Lipinski definition) is 8. The second-order valence-electron chi connectivity index (χ2n) is 9.70. The highest BCUT2D eigenvalue weighted by atomic mass is 19.4. The van der Waals surface area contributed by atoms with Gasteiger partial charge in [-0.25, -0.2) is 15.0 Å². The summed E-state index contributed by atoms with van der Waals surface area (Å²) in [7, 11) is 0. The van der Waals surface area contributed by atoms with Crippen LogP contribution in [0, 0.1) is 0 Å². The molecule has 1 fully saturated rings. The molecule has 2 aliphatic rings. The van der Waals surface area contributed by atoms with Crippen LogP contribution in [0.25, 0.3) is 16.6 Å². The standard InChI is InChI=1S/C27H24F3N9O/c28-27(29,30)22-5-7-31-26(36-22)38-10-6-19-20-15-18(39-33-8-9-34-39)2-3-21(20)35-24(19)25(38)17-1-4-23(32-16-17)37-11-13-40-14-12-37/h1-5,7-9,15-16,25,35H,6,10-14H2. The van der Waals surface area contributed by atoms with Crippen molar-refractivity contribution >= 4 is 22.7 Å². The number of pyridine rings is 1. The van der Waals surface area contributed by atoms with Gasteiger partial charge in [0.05, 0.1) is 37.3 Å². The largest absolute Gasteiger partial charge is 0.433 e. The number of ether oxygens (including phenoxy) is 1. The lowest BCUT2D eigenvalue weighted by atomic mass is 9.93. The van der Waals surface area contributed by atoms with Gasteiger partial charge in [0.15, 0.2) is 0 Å². The average molecular weight is 548 g/mol. The Labute approximate surface area is 226 Å². The van der Waals surface area contributed by atoms with Crippen LogP contribution in [-0.4, -0.2) is 67.8 Å². The van der Waals surface area contributed by atoms with E-state index < -0.39 is 17.9 Å². The summed E-state index contributed by atoms with van der Waals surface area (Å²) < 4.78 is 46.1. The Hall–Kier alpha value is -4.52. The minimum absolute atomic E-state index is 0.0165. The van der Waals surface area contributed by atoms with E-state index in [2.05, 4.69) is 30.0 Å². The molecule has 204 valence electrons. The molecule has 6 heterocycles. The van der Waals surface area contributed by atoms with Gasteiger partial charge in [-0.15, -0.1) is 0 Å². The summed E-state index contributed by atoms with van der Waals surface area (Å²) in [6.07, 6.45) is 2.19. The molecule has 2 aliphatic heterocycles. The molecule has 0 radical (unpaired) electrons. The van der Waals surface area contributed by atoms with Crippen LogP contribution in [0.4, 0.5) is 24.9 Å². The number of aromatic amines is 1. The number of H-pyrrole nitrogens is 1. The van der Waals surface area contributed by atoms with Crippen molar-refractivity contribution in [3.05, 3.63) is 83.7 Å². The number of benzene rings is 1. The summed E-state index contributed by atoms with van der Waals surface area (Å²) in [5.41, 5.74) is 3.52. The van der Waals surface area contributed by atoms with E-state index in [-0.39, 0.29) is 5.95 Å². The van der Waals surface area contributed by atoms with E-state index >= 15 is 0 Å². The van der Waals surface area contributed by atoms with Crippen LogP contribution in [0.1, 0.15) is 28.6 Å². The van der Waals surface area contributed by atoms with E-state index in [4.69, 9.17) is 9.72 Å². The number of morpholine rings is 1. The number of alkyl halides is 3. The SMILES string of the molecule is FC(F)(F)c1ccnc(N2CCc3c([nH]c4ccc(-n5nccn5)cc34)C2c2ccc(N3CCOCC3)nc2)n1. The van der Waals surface area contributed by atoms with Crippen molar-refractivity contribution in [3.8, 4) is 5.69 Å². The first-order chi connectivity index (χ1) is 19.5. The Balaban J connectivity index is 1.34. The maximum absolute atomic E-state index is 13.6. The highest BCUT2D eigenvalue weighted by Gasteiger charge is 2.37. The van der Waals surface area contributed by atoms with Gasteiger partial charge in [-0.2, -0.15) is 28.2 Å². The molecule has 1 saturated heterocycles. The van der Waals surface area contributed by atoms with E-state index in [0.717, 1.165) is 64.6 Å². The fraction of sp³-hybridized carbons (Fsp3) is 0.296. The third-order valence-corrected chi connectivity index (χ3v) is 7.37. The van der Waals surface area contributed by atoms with E-state index in [1.54, 1.807) is 23.4 Å². The van der Waals surface area contributed by atoms with Crippen molar-refractivity contribution in [2.45, 2.75) is 18.6 Å². The summed E-state index contributed by atoms with van der Waals surface area (Å²) in [6.45, 7) is 3.20. The fourth-order valence-corrected chi connectivity index (χ4v) is 5.50. The quantitative estimate of drug-likeness (QED) is 0.361. The molecule has 4 aromatic heterocycles. The molecule has 0 bridgehead atoms. The number of fused-ring (bicyclic) bond motifs is 3. The van der Waals surface area contributed by atoms with Crippen molar-refractivity contribution in [1.29, 1.82) is 0 Å². The Morgan fingerprint density at radius 3 is 2.50 bits per heavy atom. The maximum atomic E-state index is 13.6. The molecule has 0 amide bonds. The number of anilines is 2. The first-order valence-corrected chi connectivity index (χ1v) is 12.9. The van der Waals surface area contributed by atoms with Crippen LogP contribution in [0.5, 0.6) is 0 Å². The first kappa shape index (κ1) is 24.5. The minimum atomic E-state index is -4.58. The minimum Gasteiger partial charge on any atom is -0.378 e. The summed E-state index contributed by atoms with van der Waals surface area (Å²) in [5.74, 6) is 0.848. The van der Waals surface area contributed by atoms with Crippen molar-refractivity contribution < 1.29 is 17.9 Å². The summed E-state index contributed by atoms with van der Waals surface area (Å²) in [4.78, 5) is 22.0. The van der Waals surface area contributed by atoms with Crippen molar-refractivity contribution in [3.63, 3.8) is 0 Å². The molecule has 7 rings (SSSR count). The molecule has 0 saturated carbocycles. The Kier molecular flexibility index (Phi) is 5.88. The van der Waals surface area contributed by atoms with Gasteiger partial charge in [0.25, 0.3) is 0 Å². The molecule has 10 nitrogen and oxygen atoms in total. The van der Waals surface area contributed by atoms with E-state index in [1.807, 2.05) is 35.2 Å². The van der Waals surface area contributed by atoms with Crippen LogP contribution in [0.3, 0.4) is 0 Å². The molecular weight excluding hydrogens is 523 g/mol. The van der Waals surface area contributed by atoms with Gasteiger partial charge in [0.1, 0.15) is 11.5 Å². The molecule has 1 atom stereocenters. The number of nitrogens with zero attached hydrogens (tertiary/aromatic N) is 8. The third kappa shape index (κ3) is 4.31. The molecule has 1 unspecified atom stereocenters. The Morgan fingerprint density at radius 1 is 0.925 bits per heavy atom. The second-order valence-corrected chi connectivity index (χ2v) is 9.70. The number of rotatable bonds is 4. The van der Waals surface area contributed by atoms with E-state index in [1.165, 1.54) is 0 Å². The van der Waals surface area contributed by atoms with Gasteiger partial charge in [0, 0.05) is 48.6 Å². The first-order valence-electron chi connectivity index (χ1n) is 12.9. The molecular formula is C27H24F3N9O. The van der Waals surface area contributed by atoms with Gasteiger partial charge in [-0.05, 0) is 47.9 Å². The number of nitrogens with one attached hydrogen (secondary N) is 1. The predicted molar refractivity (Wildman–Crippen MR) is 140 cm³/mol. The molecule has 0 spiro atoms. The van der Waals surface area contributed by atoms with Crippen LogP contribution in [0.2, 0.25) is 0 Å². The highest BCUT2D eigenvalue weighted by Crippen LogP contribution is 2.41. The van der Waals surface area contributed by atoms with Gasteiger partial charge in [-0.3, -0.25) is 0 Å². The molecule has 40 heavy (non-hydrogen) atoms. The van der Waals surface area contributed by atoms with Gasteiger partial charge < -0.3 is 19.5 Å². The number of hydrogen-bond donors (Lipinski definition) is 1. The summed E-state index contributed by atoms with van der Waals surface area (Å²) in [5, 5.41) is 9.49. The van der Waals surface area contributed by atoms with Crippen molar-refractivity contribution in [2.75, 3.05) is 42.6 Å². The average Bonchev–Trinajstić information content (AvgIpc) is 3.65. The van der Waals surface area contributed by atoms with E-state index in [9.17, 15) is 13.2 Å². The summed E-state index contributed by atoms with van der Waals surface area (Å²) in [6, 6.07) is 10.3. The van der Waals surface area contributed by atoms with Crippen LogP contribution in [-0.2, 0) is 17.3 Å². The predicted octanol–water partition coefficient (Wildman–Crippen LogP) is 3.94. The lowest BCUT2D eigenvalue weighted by molar-refractivity contribution is -0.141. The normalized spacial score (nSPS) is 17.8. The zero-order chi connectivity index (χ0) is 27.3. The summed E-state index contributed by atoms with van der Waals surface area (Å²) >= 11 is 0. The van der Waals surface area contributed by atoms with Crippen molar-refractivity contribution in [1.82, 2.24) is 34.9 Å². The molecule has 1 N–H and O–H groups in total. The number of halogens is 3. The third-order valence-electron chi connectivity index (χ3n) is 7.37. The van der Waals surface area contributed by atoms with Gasteiger partial charge in [-0.1, -0.05) is 6.07 Å². The van der Waals surface area contributed by atoms with Crippen LogP contribution < -0.4 is 9.80 Å².